The lowest BCUT2D eigenvalue weighted by molar-refractivity contribution is 0.166. The summed E-state index contributed by atoms with van der Waals surface area (Å²) in [4.78, 5) is 0. The lowest BCUT2D eigenvalue weighted by Gasteiger charge is -2.34. The van der Waals surface area contributed by atoms with Gasteiger partial charge in [0.2, 0.25) is 0 Å². The van der Waals surface area contributed by atoms with E-state index in [1.165, 1.54) is 12.8 Å². The van der Waals surface area contributed by atoms with Crippen molar-refractivity contribution < 1.29 is 0 Å². The minimum Gasteiger partial charge on any atom is -0.103 e. The average Bonchev–Trinajstić information content (AvgIpc) is 2.27. The fourth-order valence-corrected chi connectivity index (χ4v) is 2.64. The zero-order valence-electron chi connectivity index (χ0n) is 8.93. The Morgan fingerprint density at radius 1 is 1.42 bits per heavy atom. The first-order valence-electron chi connectivity index (χ1n) is 5.12. The molecule has 0 aliphatic heterocycles. The van der Waals surface area contributed by atoms with Crippen molar-refractivity contribution in [1.82, 2.24) is 0 Å². The quantitative estimate of drug-likeness (QED) is 0.546. The molecule has 0 aromatic rings. The van der Waals surface area contributed by atoms with Gasteiger partial charge in [-0.3, -0.25) is 0 Å². The summed E-state index contributed by atoms with van der Waals surface area (Å²) in [6.07, 6.45) is 4.90. The monoisotopic (exact) mass is 166 g/mol. The molecule has 0 nitrogen and oxygen atoms in total. The van der Waals surface area contributed by atoms with E-state index in [4.69, 9.17) is 0 Å². The van der Waals surface area contributed by atoms with E-state index in [1.807, 2.05) is 0 Å². The maximum Gasteiger partial charge on any atom is -0.0231 e. The van der Waals surface area contributed by atoms with Gasteiger partial charge in [-0.25, -0.2) is 0 Å². The molecular formula is C12H22. The van der Waals surface area contributed by atoms with Crippen molar-refractivity contribution in [2.45, 2.75) is 40.5 Å². The Bertz CT molecular complexity index is 167. The number of hydrogen-bond donors (Lipinski definition) is 0. The molecule has 1 aliphatic carbocycles. The normalized spacial score (nSPS) is 36.3. The van der Waals surface area contributed by atoms with E-state index in [0.29, 0.717) is 11.3 Å². The minimum atomic E-state index is 0.521. The van der Waals surface area contributed by atoms with Crippen LogP contribution in [0.2, 0.25) is 0 Å². The predicted octanol–water partition coefficient (Wildman–Crippen LogP) is 3.88. The summed E-state index contributed by atoms with van der Waals surface area (Å²) >= 11 is 0. The van der Waals surface area contributed by atoms with Gasteiger partial charge < -0.3 is 0 Å². The Labute approximate surface area is 77.1 Å². The van der Waals surface area contributed by atoms with Crippen molar-refractivity contribution in [2.75, 3.05) is 0 Å². The van der Waals surface area contributed by atoms with E-state index in [1.54, 1.807) is 0 Å². The van der Waals surface area contributed by atoms with Crippen LogP contribution in [0.25, 0.3) is 0 Å². The molecule has 1 aliphatic rings. The Hall–Kier alpha value is -0.260. The molecule has 0 N–H and O–H groups in total. The van der Waals surface area contributed by atoms with E-state index < -0.39 is 0 Å². The fraction of sp³-hybridized carbons (Fsp3) is 0.833. The standard InChI is InChI=1S/C12H22/c1-6-9(2)11-8-7-10(3)12(11,4)5/h6,9-11H,1,7-8H2,2-5H3. The molecule has 0 spiro atoms. The number of hydrogen-bond acceptors (Lipinski definition) is 0. The molecule has 0 amide bonds. The Kier molecular flexibility index (Phi) is 2.65. The van der Waals surface area contributed by atoms with E-state index in [-0.39, 0.29) is 0 Å². The predicted molar refractivity (Wildman–Crippen MR) is 55.0 cm³/mol. The molecule has 3 atom stereocenters. The molecule has 0 heteroatoms. The highest BCUT2D eigenvalue weighted by Gasteiger charge is 2.41. The lowest BCUT2D eigenvalue weighted by atomic mass is 9.71. The van der Waals surface area contributed by atoms with Gasteiger partial charge in [-0.15, -0.1) is 6.58 Å². The van der Waals surface area contributed by atoms with Gasteiger partial charge >= 0.3 is 0 Å². The maximum atomic E-state index is 3.90. The van der Waals surface area contributed by atoms with Gasteiger partial charge in [0.25, 0.3) is 0 Å². The third-order valence-electron chi connectivity index (χ3n) is 4.14. The number of allylic oxidation sites excluding steroid dienone is 1. The van der Waals surface area contributed by atoms with Crippen LogP contribution < -0.4 is 0 Å². The van der Waals surface area contributed by atoms with Crippen molar-refractivity contribution in [3.8, 4) is 0 Å². The Morgan fingerprint density at radius 2 is 2.00 bits per heavy atom. The molecule has 0 bridgehead atoms. The van der Waals surface area contributed by atoms with Crippen LogP contribution >= 0.6 is 0 Å². The van der Waals surface area contributed by atoms with E-state index in [9.17, 15) is 0 Å². The molecule has 0 heterocycles. The van der Waals surface area contributed by atoms with Gasteiger partial charge in [0.1, 0.15) is 0 Å². The smallest absolute Gasteiger partial charge is 0.0231 e. The molecule has 1 rings (SSSR count). The summed E-state index contributed by atoms with van der Waals surface area (Å²) in [5.41, 5.74) is 0.521. The average molecular weight is 166 g/mol. The van der Waals surface area contributed by atoms with Crippen molar-refractivity contribution >= 4 is 0 Å². The summed E-state index contributed by atoms with van der Waals surface area (Å²) in [6, 6.07) is 0. The van der Waals surface area contributed by atoms with Crippen LogP contribution in [0, 0.1) is 23.2 Å². The fourth-order valence-electron chi connectivity index (χ4n) is 2.64. The topological polar surface area (TPSA) is 0 Å². The number of rotatable bonds is 2. The van der Waals surface area contributed by atoms with Gasteiger partial charge in [0, 0.05) is 0 Å². The second kappa shape index (κ2) is 3.24. The molecule has 12 heavy (non-hydrogen) atoms. The van der Waals surface area contributed by atoms with Crippen molar-refractivity contribution in [1.29, 1.82) is 0 Å². The van der Waals surface area contributed by atoms with Crippen molar-refractivity contribution in [2.24, 2.45) is 23.2 Å². The third kappa shape index (κ3) is 1.44. The molecule has 0 radical (unpaired) electrons. The lowest BCUT2D eigenvalue weighted by Crippen LogP contribution is -2.27. The summed E-state index contributed by atoms with van der Waals surface area (Å²) in [7, 11) is 0. The molecular weight excluding hydrogens is 144 g/mol. The molecule has 0 aromatic carbocycles. The van der Waals surface area contributed by atoms with Gasteiger partial charge in [-0.1, -0.05) is 33.8 Å². The Morgan fingerprint density at radius 3 is 2.33 bits per heavy atom. The molecule has 1 fully saturated rings. The van der Waals surface area contributed by atoms with Crippen LogP contribution in [0.15, 0.2) is 12.7 Å². The Balaban J connectivity index is 2.74. The van der Waals surface area contributed by atoms with Crippen molar-refractivity contribution in [3.63, 3.8) is 0 Å². The molecule has 3 unspecified atom stereocenters. The molecule has 70 valence electrons. The zero-order valence-corrected chi connectivity index (χ0v) is 8.93. The summed E-state index contributed by atoms with van der Waals surface area (Å²) in [6.45, 7) is 13.4. The summed E-state index contributed by atoms with van der Waals surface area (Å²) in [5, 5.41) is 0. The highest BCUT2D eigenvalue weighted by Crippen LogP contribution is 2.50. The SMILES string of the molecule is C=CC(C)C1CCC(C)C1(C)C. The van der Waals surface area contributed by atoms with Crippen LogP contribution in [-0.4, -0.2) is 0 Å². The van der Waals surface area contributed by atoms with Gasteiger partial charge in [-0.2, -0.15) is 0 Å². The highest BCUT2D eigenvalue weighted by molar-refractivity contribution is 4.96. The van der Waals surface area contributed by atoms with Crippen LogP contribution in [0.3, 0.4) is 0 Å². The van der Waals surface area contributed by atoms with Crippen LogP contribution in [0.5, 0.6) is 0 Å². The summed E-state index contributed by atoms with van der Waals surface area (Å²) in [5.74, 6) is 2.42. The largest absolute Gasteiger partial charge is 0.103 e. The van der Waals surface area contributed by atoms with Crippen molar-refractivity contribution in [3.05, 3.63) is 12.7 Å². The minimum absolute atomic E-state index is 0.521. The van der Waals surface area contributed by atoms with Crippen LogP contribution in [0.1, 0.15) is 40.5 Å². The first kappa shape index (κ1) is 9.83. The second-order valence-corrected chi connectivity index (χ2v) is 5.00. The third-order valence-corrected chi connectivity index (χ3v) is 4.14. The van der Waals surface area contributed by atoms with E-state index >= 15 is 0 Å². The second-order valence-electron chi connectivity index (χ2n) is 5.00. The zero-order chi connectivity index (χ0) is 9.35. The van der Waals surface area contributed by atoms with Crippen LogP contribution in [-0.2, 0) is 0 Å². The van der Waals surface area contributed by atoms with Gasteiger partial charge in [0.15, 0.2) is 0 Å². The maximum absolute atomic E-state index is 3.90. The first-order chi connectivity index (χ1) is 5.50. The molecule has 0 saturated heterocycles. The van der Waals surface area contributed by atoms with Gasteiger partial charge in [-0.05, 0) is 36.0 Å². The molecule has 0 aromatic heterocycles. The first-order valence-corrected chi connectivity index (χ1v) is 5.12. The summed E-state index contributed by atoms with van der Waals surface area (Å²) < 4.78 is 0. The van der Waals surface area contributed by atoms with Gasteiger partial charge in [0.05, 0.1) is 0 Å². The highest BCUT2D eigenvalue weighted by atomic mass is 14.5. The van der Waals surface area contributed by atoms with E-state index in [2.05, 4.69) is 40.3 Å². The van der Waals surface area contributed by atoms with E-state index in [0.717, 1.165) is 11.8 Å². The van der Waals surface area contributed by atoms with Crippen LogP contribution in [0.4, 0.5) is 0 Å². The molecule has 1 saturated carbocycles.